The van der Waals surface area contributed by atoms with Gasteiger partial charge in [-0.25, -0.2) is 0 Å². The summed E-state index contributed by atoms with van der Waals surface area (Å²) in [4.78, 5) is 14.3. The first-order chi connectivity index (χ1) is 13.1. The van der Waals surface area contributed by atoms with E-state index in [1.165, 1.54) is 17.5 Å². The van der Waals surface area contributed by atoms with Crippen molar-refractivity contribution in [1.29, 1.82) is 0 Å². The number of hydrogen-bond donors (Lipinski definition) is 1. The van der Waals surface area contributed by atoms with Gasteiger partial charge in [-0.1, -0.05) is 18.2 Å². The quantitative estimate of drug-likeness (QED) is 0.778. The lowest BCUT2D eigenvalue weighted by Crippen LogP contribution is -2.36. The van der Waals surface area contributed by atoms with Crippen molar-refractivity contribution in [1.82, 2.24) is 10.2 Å². The van der Waals surface area contributed by atoms with Crippen molar-refractivity contribution in [3.63, 3.8) is 0 Å². The summed E-state index contributed by atoms with van der Waals surface area (Å²) in [7, 11) is 5.66. The zero-order chi connectivity index (χ0) is 19.2. The van der Waals surface area contributed by atoms with E-state index < -0.39 is 0 Å². The van der Waals surface area contributed by atoms with Crippen LogP contribution in [-0.4, -0.2) is 45.2 Å². The molecule has 0 fully saturated rings. The molecule has 2 aromatic rings. The minimum atomic E-state index is -0.115. The largest absolute Gasteiger partial charge is 0.497 e. The van der Waals surface area contributed by atoms with Crippen LogP contribution in [0.25, 0.3) is 0 Å². The first kappa shape index (κ1) is 19.2. The molecule has 1 unspecified atom stereocenters. The van der Waals surface area contributed by atoms with Gasteiger partial charge in [0, 0.05) is 6.54 Å². The third kappa shape index (κ3) is 5.01. The molecular formula is C22H28N2O3. The molecule has 0 aliphatic heterocycles. The Kier molecular flexibility index (Phi) is 6.35. The summed E-state index contributed by atoms with van der Waals surface area (Å²) in [6, 6.07) is 14.1. The standard InChI is InChI=1S/C22H28N2O3/c1-24(2)21(17-8-10-19(26-3)11-9-17)14-23-22(25)15-27-20-12-7-16-5-4-6-18(16)13-20/h7-13,21H,4-6,14-15H2,1-3H3,(H,23,25). The number of benzene rings is 2. The summed E-state index contributed by atoms with van der Waals surface area (Å²) < 4.78 is 10.9. The van der Waals surface area contributed by atoms with Gasteiger partial charge in [-0.3, -0.25) is 4.79 Å². The van der Waals surface area contributed by atoms with Crippen LogP contribution in [-0.2, 0) is 17.6 Å². The van der Waals surface area contributed by atoms with Gasteiger partial charge in [0.2, 0.25) is 0 Å². The fraction of sp³-hybridized carbons (Fsp3) is 0.409. The van der Waals surface area contributed by atoms with Crippen LogP contribution in [0.4, 0.5) is 0 Å². The highest BCUT2D eigenvalue weighted by Crippen LogP contribution is 2.26. The van der Waals surface area contributed by atoms with Crippen molar-refractivity contribution in [2.24, 2.45) is 0 Å². The molecule has 1 atom stereocenters. The fourth-order valence-corrected chi connectivity index (χ4v) is 3.47. The van der Waals surface area contributed by atoms with Gasteiger partial charge < -0.3 is 19.7 Å². The molecule has 0 saturated heterocycles. The number of carbonyl (C=O) groups excluding carboxylic acids is 1. The van der Waals surface area contributed by atoms with E-state index in [1.54, 1.807) is 7.11 Å². The maximum atomic E-state index is 12.2. The molecule has 0 spiro atoms. The Balaban J connectivity index is 1.51. The number of nitrogens with one attached hydrogen (secondary N) is 1. The molecule has 1 amide bonds. The lowest BCUT2D eigenvalue weighted by molar-refractivity contribution is -0.123. The van der Waals surface area contributed by atoms with Crippen LogP contribution in [0.5, 0.6) is 11.5 Å². The summed E-state index contributed by atoms with van der Waals surface area (Å²) in [6.45, 7) is 0.549. The minimum absolute atomic E-state index is 0.0293. The number of rotatable bonds is 8. The number of likely N-dealkylation sites (N-methyl/N-ethyl adjacent to an activating group) is 1. The van der Waals surface area contributed by atoms with Gasteiger partial charge in [-0.2, -0.15) is 0 Å². The smallest absolute Gasteiger partial charge is 0.258 e. The van der Waals surface area contributed by atoms with E-state index in [4.69, 9.17) is 9.47 Å². The maximum Gasteiger partial charge on any atom is 0.258 e. The average Bonchev–Trinajstić information content (AvgIpc) is 3.14. The molecule has 0 aromatic heterocycles. The van der Waals surface area contributed by atoms with Crippen molar-refractivity contribution in [2.75, 3.05) is 34.4 Å². The highest BCUT2D eigenvalue weighted by Gasteiger charge is 2.16. The van der Waals surface area contributed by atoms with Crippen LogP contribution < -0.4 is 14.8 Å². The van der Waals surface area contributed by atoms with E-state index in [2.05, 4.69) is 22.3 Å². The first-order valence-electron chi connectivity index (χ1n) is 9.38. The number of carbonyl (C=O) groups is 1. The molecule has 27 heavy (non-hydrogen) atoms. The topological polar surface area (TPSA) is 50.8 Å². The van der Waals surface area contributed by atoms with Crippen LogP contribution in [0.3, 0.4) is 0 Å². The van der Waals surface area contributed by atoms with E-state index in [0.29, 0.717) is 6.54 Å². The summed E-state index contributed by atoms with van der Waals surface area (Å²) >= 11 is 0. The zero-order valence-electron chi connectivity index (χ0n) is 16.3. The van der Waals surface area contributed by atoms with E-state index in [9.17, 15) is 4.79 Å². The Bertz CT molecular complexity index is 772. The van der Waals surface area contributed by atoms with Crippen LogP contribution >= 0.6 is 0 Å². The molecule has 0 heterocycles. The van der Waals surface area contributed by atoms with Gasteiger partial charge in [-0.05, 0) is 74.3 Å². The lowest BCUT2D eigenvalue weighted by atomic mass is 10.1. The average molecular weight is 368 g/mol. The predicted molar refractivity (Wildman–Crippen MR) is 106 cm³/mol. The summed E-state index contributed by atoms with van der Waals surface area (Å²) in [5.74, 6) is 1.48. The van der Waals surface area contributed by atoms with Crippen LogP contribution in [0.2, 0.25) is 0 Å². The monoisotopic (exact) mass is 368 g/mol. The SMILES string of the molecule is COc1ccc(C(CNC(=O)COc2ccc3c(c2)CCC3)N(C)C)cc1. The van der Waals surface area contributed by atoms with Gasteiger partial charge >= 0.3 is 0 Å². The number of hydrogen-bond acceptors (Lipinski definition) is 4. The Morgan fingerprint density at radius 2 is 1.78 bits per heavy atom. The maximum absolute atomic E-state index is 12.2. The Morgan fingerprint density at radius 3 is 2.48 bits per heavy atom. The molecule has 1 aliphatic rings. The second-order valence-electron chi connectivity index (χ2n) is 7.13. The Hall–Kier alpha value is -2.53. The number of methoxy groups -OCH3 is 1. The van der Waals surface area contributed by atoms with E-state index in [-0.39, 0.29) is 18.6 Å². The van der Waals surface area contributed by atoms with E-state index in [1.807, 2.05) is 44.4 Å². The molecule has 0 saturated carbocycles. The second kappa shape index (κ2) is 8.91. The van der Waals surface area contributed by atoms with E-state index >= 15 is 0 Å². The summed E-state index contributed by atoms with van der Waals surface area (Å²) in [5.41, 5.74) is 3.88. The van der Waals surface area contributed by atoms with Gasteiger partial charge in [0.1, 0.15) is 11.5 Å². The van der Waals surface area contributed by atoms with Crippen molar-refractivity contribution in [2.45, 2.75) is 25.3 Å². The molecule has 0 bridgehead atoms. The first-order valence-corrected chi connectivity index (χ1v) is 9.38. The highest BCUT2D eigenvalue weighted by molar-refractivity contribution is 5.77. The third-order valence-corrected chi connectivity index (χ3v) is 5.06. The number of ether oxygens (including phenoxy) is 2. The number of nitrogens with zero attached hydrogens (tertiary/aromatic N) is 1. The number of amides is 1. The van der Waals surface area contributed by atoms with E-state index in [0.717, 1.165) is 29.9 Å². The second-order valence-corrected chi connectivity index (χ2v) is 7.13. The zero-order valence-corrected chi connectivity index (χ0v) is 16.3. The molecular weight excluding hydrogens is 340 g/mol. The molecule has 3 rings (SSSR count). The molecule has 5 nitrogen and oxygen atoms in total. The van der Waals surface area contributed by atoms with Gasteiger partial charge in [0.25, 0.3) is 5.91 Å². The molecule has 1 aliphatic carbocycles. The van der Waals surface area contributed by atoms with Gasteiger partial charge in [0.15, 0.2) is 6.61 Å². The predicted octanol–water partition coefficient (Wildman–Crippen LogP) is 2.98. The van der Waals surface area contributed by atoms with Crippen LogP contribution in [0.1, 0.15) is 29.2 Å². The fourth-order valence-electron chi connectivity index (χ4n) is 3.47. The minimum Gasteiger partial charge on any atom is -0.497 e. The van der Waals surface area contributed by atoms with Gasteiger partial charge in [0.05, 0.1) is 13.2 Å². The van der Waals surface area contributed by atoms with Crippen molar-refractivity contribution in [3.05, 3.63) is 59.2 Å². The van der Waals surface area contributed by atoms with Gasteiger partial charge in [-0.15, -0.1) is 0 Å². The number of fused-ring (bicyclic) bond motifs is 1. The molecule has 0 radical (unpaired) electrons. The normalized spacial score (nSPS) is 13.9. The molecule has 2 aromatic carbocycles. The molecule has 144 valence electrons. The Morgan fingerprint density at radius 1 is 1.07 bits per heavy atom. The van der Waals surface area contributed by atoms with Crippen molar-refractivity contribution >= 4 is 5.91 Å². The summed E-state index contributed by atoms with van der Waals surface area (Å²) in [6.07, 6.45) is 3.45. The molecule has 5 heteroatoms. The third-order valence-electron chi connectivity index (χ3n) is 5.06. The van der Waals surface area contributed by atoms with Crippen molar-refractivity contribution < 1.29 is 14.3 Å². The van der Waals surface area contributed by atoms with Crippen LogP contribution in [0.15, 0.2) is 42.5 Å². The van der Waals surface area contributed by atoms with Crippen molar-refractivity contribution in [3.8, 4) is 11.5 Å². The molecule has 1 N–H and O–H groups in total. The Labute approximate surface area is 161 Å². The van der Waals surface area contributed by atoms with Crippen LogP contribution in [0, 0.1) is 0 Å². The highest BCUT2D eigenvalue weighted by atomic mass is 16.5. The summed E-state index contributed by atoms with van der Waals surface area (Å²) in [5, 5.41) is 2.98. The number of aryl methyl sites for hydroxylation is 2. The lowest BCUT2D eigenvalue weighted by Gasteiger charge is -2.25.